The van der Waals surface area contributed by atoms with Gasteiger partial charge in [-0.1, -0.05) is 54.6 Å². The quantitative estimate of drug-likeness (QED) is 0.305. The van der Waals surface area contributed by atoms with E-state index in [0.29, 0.717) is 33.9 Å². The maximum Gasteiger partial charge on any atom is 0.255 e. The molecular weight excluding hydrogens is 424 g/mol. The van der Waals surface area contributed by atoms with Crippen molar-refractivity contribution in [2.24, 2.45) is 10.2 Å². The molecule has 0 radical (unpaired) electrons. The fourth-order valence-electron chi connectivity index (χ4n) is 3.45. The molecular formula is C28H24N4O2. The van der Waals surface area contributed by atoms with Gasteiger partial charge in [-0.05, 0) is 67.4 Å². The molecule has 0 heterocycles. The van der Waals surface area contributed by atoms with Crippen LogP contribution in [0.3, 0.4) is 0 Å². The average Bonchev–Trinajstić information content (AvgIpc) is 2.84. The van der Waals surface area contributed by atoms with Gasteiger partial charge < -0.3 is 10.6 Å². The highest BCUT2D eigenvalue weighted by molar-refractivity contribution is 6.08. The standard InChI is InChI=1S/C28H24N4O2/c1-19-10-6-8-14-23(19)27(33)29-22-16-17-25(32-31-21-12-4-3-5-13-21)26(18-22)30-28(34)24-15-9-7-11-20(24)2/h3-18H,1-2H3,(H,29,33)(H,30,34). The van der Waals surface area contributed by atoms with E-state index in [2.05, 4.69) is 20.9 Å². The minimum Gasteiger partial charge on any atom is -0.322 e. The third kappa shape index (κ3) is 5.42. The van der Waals surface area contributed by atoms with E-state index in [0.717, 1.165) is 11.1 Å². The van der Waals surface area contributed by atoms with Crippen LogP contribution >= 0.6 is 0 Å². The van der Waals surface area contributed by atoms with Gasteiger partial charge in [0, 0.05) is 16.8 Å². The Hall–Kier alpha value is -4.58. The molecule has 4 aromatic rings. The van der Waals surface area contributed by atoms with Crippen molar-refractivity contribution in [3.05, 3.63) is 119 Å². The lowest BCUT2D eigenvalue weighted by atomic mass is 10.1. The summed E-state index contributed by atoms with van der Waals surface area (Å²) in [5.41, 5.74) is 5.01. The molecule has 0 aliphatic rings. The molecule has 0 saturated carbocycles. The normalized spacial score (nSPS) is 10.8. The highest BCUT2D eigenvalue weighted by Gasteiger charge is 2.14. The maximum atomic E-state index is 13.0. The van der Waals surface area contributed by atoms with Crippen LogP contribution in [0.25, 0.3) is 0 Å². The molecule has 0 spiro atoms. The number of carbonyl (C=O) groups excluding carboxylic acids is 2. The van der Waals surface area contributed by atoms with E-state index in [1.54, 1.807) is 30.3 Å². The Morgan fingerprint density at radius 2 is 1.18 bits per heavy atom. The van der Waals surface area contributed by atoms with Crippen molar-refractivity contribution in [3.8, 4) is 0 Å². The van der Waals surface area contributed by atoms with Crippen LogP contribution in [0, 0.1) is 13.8 Å². The van der Waals surface area contributed by atoms with Crippen molar-refractivity contribution in [3.63, 3.8) is 0 Å². The molecule has 0 saturated heterocycles. The predicted octanol–water partition coefficient (Wildman–Crippen LogP) is 7.22. The topological polar surface area (TPSA) is 82.9 Å². The minimum atomic E-state index is -0.267. The van der Waals surface area contributed by atoms with Gasteiger partial charge in [0.15, 0.2) is 0 Å². The number of carbonyl (C=O) groups is 2. The molecule has 0 aromatic heterocycles. The van der Waals surface area contributed by atoms with Gasteiger partial charge in [-0.15, -0.1) is 5.11 Å². The van der Waals surface area contributed by atoms with Crippen LogP contribution < -0.4 is 10.6 Å². The van der Waals surface area contributed by atoms with Gasteiger partial charge in [-0.25, -0.2) is 0 Å². The zero-order valence-corrected chi connectivity index (χ0v) is 18.9. The second kappa shape index (κ2) is 10.4. The lowest BCUT2D eigenvalue weighted by Gasteiger charge is -2.13. The summed E-state index contributed by atoms with van der Waals surface area (Å²) in [6.07, 6.45) is 0. The minimum absolute atomic E-state index is 0.229. The number of rotatable bonds is 6. The predicted molar refractivity (Wildman–Crippen MR) is 135 cm³/mol. The monoisotopic (exact) mass is 448 g/mol. The molecule has 2 N–H and O–H groups in total. The first-order valence-corrected chi connectivity index (χ1v) is 10.9. The van der Waals surface area contributed by atoms with E-state index >= 15 is 0 Å². The van der Waals surface area contributed by atoms with Gasteiger partial charge in [-0.2, -0.15) is 5.11 Å². The number of nitrogens with zero attached hydrogens (tertiary/aromatic N) is 2. The Kier molecular flexibility index (Phi) is 6.89. The summed E-state index contributed by atoms with van der Waals surface area (Å²) in [6, 6.07) is 29.2. The van der Waals surface area contributed by atoms with Crippen molar-refractivity contribution in [1.82, 2.24) is 0 Å². The molecule has 0 bridgehead atoms. The molecule has 0 unspecified atom stereocenters. The zero-order chi connectivity index (χ0) is 23.9. The number of hydrogen-bond acceptors (Lipinski definition) is 4. The van der Waals surface area contributed by atoms with Crippen molar-refractivity contribution in [2.45, 2.75) is 13.8 Å². The number of hydrogen-bond donors (Lipinski definition) is 2. The summed E-state index contributed by atoms with van der Waals surface area (Å²) in [7, 11) is 0. The van der Waals surface area contributed by atoms with Crippen LogP contribution in [0.1, 0.15) is 31.8 Å². The number of amides is 2. The van der Waals surface area contributed by atoms with Crippen LogP contribution in [0.5, 0.6) is 0 Å². The average molecular weight is 449 g/mol. The molecule has 6 nitrogen and oxygen atoms in total. The summed E-state index contributed by atoms with van der Waals surface area (Å²) in [5.74, 6) is -0.496. The molecule has 6 heteroatoms. The van der Waals surface area contributed by atoms with Crippen molar-refractivity contribution in [1.29, 1.82) is 0 Å². The summed E-state index contributed by atoms with van der Waals surface area (Å²) < 4.78 is 0. The van der Waals surface area contributed by atoms with Crippen LogP contribution in [-0.4, -0.2) is 11.8 Å². The van der Waals surface area contributed by atoms with E-state index in [1.807, 2.05) is 80.6 Å². The number of benzene rings is 4. The Labute approximate surface area is 198 Å². The van der Waals surface area contributed by atoms with E-state index < -0.39 is 0 Å². The van der Waals surface area contributed by atoms with E-state index in [4.69, 9.17) is 0 Å². The van der Waals surface area contributed by atoms with Gasteiger partial charge >= 0.3 is 0 Å². The van der Waals surface area contributed by atoms with Gasteiger partial charge in [0.25, 0.3) is 11.8 Å². The molecule has 0 aliphatic heterocycles. The smallest absolute Gasteiger partial charge is 0.255 e. The van der Waals surface area contributed by atoms with Crippen molar-refractivity contribution < 1.29 is 9.59 Å². The Bertz CT molecular complexity index is 1360. The highest BCUT2D eigenvalue weighted by Crippen LogP contribution is 2.31. The fraction of sp³-hybridized carbons (Fsp3) is 0.0714. The molecule has 2 amide bonds. The highest BCUT2D eigenvalue weighted by atomic mass is 16.2. The first-order chi connectivity index (χ1) is 16.5. The molecule has 0 atom stereocenters. The van der Waals surface area contributed by atoms with E-state index in [1.165, 1.54) is 0 Å². The lowest BCUT2D eigenvalue weighted by molar-refractivity contribution is 0.101. The fourth-order valence-corrected chi connectivity index (χ4v) is 3.45. The summed E-state index contributed by atoms with van der Waals surface area (Å²) in [5, 5.41) is 14.4. The third-order valence-electron chi connectivity index (χ3n) is 5.31. The summed E-state index contributed by atoms with van der Waals surface area (Å²) in [6.45, 7) is 3.76. The SMILES string of the molecule is Cc1ccccc1C(=O)Nc1ccc(N=Nc2ccccc2)c(NC(=O)c2ccccc2C)c1. The molecule has 4 aromatic carbocycles. The Morgan fingerprint density at radius 1 is 0.618 bits per heavy atom. The second-order valence-corrected chi connectivity index (χ2v) is 7.81. The van der Waals surface area contributed by atoms with Crippen LogP contribution in [-0.2, 0) is 0 Å². The zero-order valence-electron chi connectivity index (χ0n) is 18.9. The van der Waals surface area contributed by atoms with Crippen molar-refractivity contribution >= 4 is 34.6 Å². The first kappa shape index (κ1) is 22.6. The van der Waals surface area contributed by atoms with E-state index in [-0.39, 0.29) is 11.8 Å². The molecule has 0 fully saturated rings. The van der Waals surface area contributed by atoms with Crippen LogP contribution in [0.2, 0.25) is 0 Å². The lowest BCUT2D eigenvalue weighted by Crippen LogP contribution is -2.15. The summed E-state index contributed by atoms with van der Waals surface area (Å²) >= 11 is 0. The van der Waals surface area contributed by atoms with Crippen molar-refractivity contribution in [2.75, 3.05) is 10.6 Å². The maximum absolute atomic E-state index is 13.0. The van der Waals surface area contributed by atoms with Gasteiger partial charge in [0.1, 0.15) is 5.69 Å². The molecule has 34 heavy (non-hydrogen) atoms. The van der Waals surface area contributed by atoms with Crippen LogP contribution in [0.4, 0.5) is 22.7 Å². The molecule has 0 aliphatic carbocycles. The van der Waals surface area contributed by atoms with E-state index in [9.17, 15) is 9.59 Å². The number of nitrogens with one attached hydrogen (secondary N) is 2. The number of anilines is 2. The largest absolute Gasteiger partial charge is 0.322 e. The summed E-state index contributed by atoms with van der Waals surface area (Å²) in [4.78, 5) is 25.8. The van der Waals surface area contributed by atoms with Gasteiger partial charge in [0.05, 0.1) is 11.4 Å². The number of azo groups is 1. The number of aryl methyl sites for hydroxylation is 2. The first-order valence-electron chi connectivity index (χ1n) is 10.9. The third-order valence-corrected chi connectivity index (χ3v) is 5.31. The second-order valence-electron chi connectivity index (χ2n) is 7.81. The molecule has 4 rings (SSSR count). The van der Waals surface area contributed by atoms with Gasteiger partial charge in [-0.3, -0.25) is 9.59 Å². The van der Waals surface area contributed by atoms with Crippen LogP contribution in [0.15, 0.2) is 107 Å². The Balaban J connectivity index is 1.65. The Morgan fingerprint density at radius 3 is 1.79 bits per heavy atom. The van der Waals surface area contributed by atoms with Gasteiger partial charge in [0.2, 0.25) is 0 Å². The molecule has 168 valence electrons.